The van der Waals surface area contributed by atoms with Gasteiger partial charge in [-0.15, -0.1) is 10.2 Å². The number of nitrogens with zero attached hydrogens (tertiary/aromatic N) is 4. The molecule has 2 aromatic carbocycles. The van der Waals surface area contributed by atoms with Gasteiger partial charge in [-0.05, 0) is 42.5 Å². The second-order valence-corrected chi connectivity index (χ2v) is 7.94. The van der Waals surface area contributed by atoms with Crippen molar-refractivity contribution in [1.82, 2.24) is 19.8 Å². The van der Waals surface area contributed by atoms with E-state index in [1.54, 1.807) is 69.4 Å². The number of carbonyl (C=O) groups excluding carboxylic acids is 1. The Morgan fingerprint density at radius 1 is 0.853 bits per heavy atom. The average Bonchev–Trinajstić information content (AvgIpc) is 3.30. The Bertz CT molecular complexity index is 1330. The van der Waals surface area contributed by atoms with Gasteiger partial charge in [-0.3, -0.25) is 4.79 Å². The zero-order valence-electron chi connectivity index (χ0n) is 19.1. The van der Waals surface area contributed by atoms with Crippen molar-refractivity contribution in [3.8, 4) is 34.4 Å². The van der Waals surface area contributed by atoms with Crippen LogP contribution in [0.5, 0.6) is 23.0 Å². The molecule has 0 bridgehead atoms. The fourth-order valence-electron chi connectivity index (χ4n) is 3.25. The summed E-state index contributed by atoms with van der Waals surface area (Å²) in [5.74, 6) is 2.86. The molecule has 4 rings (SSSR count). The maximum absolute atomic E-state index is 12.5. The van der Waals surface area contributed by atoms with Crippen LogP contribution in [-0.2, 0) is 4.79 Å². The second-order valence-electron chi connectivity index (χ2n) is 6.94. The van der Waals surface area contributed by atoms with Gasteiger partial charge in [0.1, 0.15) is 5.03 Å². The zero-order chi connectivity index (χ0) is 24.1. The van der Waals surface area contributed by atoms with Crippen LogP contribution >= 0.6 is 11.8 Å². The summed E-state index contributed by atoms with van der Waals surface area (Å²) in [6.45, 7) is 0. The molecule has 11 heteroatoms. The summed E-state index contributed by atoms with van der Waals surface area (Å²) in [6.07, 6.45) is 0. The highest BCUT2D eigenvalue weighted by Crippen LogP contribution is 2.32. The minimum atomic E-state index is -0.178. The second kappa shape index (κ2) is 10.3. The smallest absolute Gasteiger partial charge is 0.234 e. The van der Waals surface area contributed by atoms with E-state index < -0.39 is 0 Å². The van der Waals surface area contributed by atoms with Crippen molar-refractivity contribution >= 4 is 29.0 Å². The molecule has 2 heterocycles. The number of ether oxygens (including phenoxy) is 4. The molecular weight excluding hydrogens is 458 g/mol. The zero-order valence-corrected chi connectivity index (χ0v) is 19.9. The van der Waals surface area contributed by atoms with E-state index in [0.717, 1.165) is 5.56 Å². The number of thioether (sulfide) groups is 1. The number of benzene rings is 2. The van der Waals surface area contributed by atoms with Gasteiger partial charge in [0.05, 0.1) is 34.2 Å². The van der Waals surface area contributed by atoms with Crippen molar-refractivity contribution in [1.29, 1.82) is 0 Å². The van der Waals surface area contributed by atoms with Crippen LogP contribution in [0.15, 0.2) is 53.6 Å². The number of rotatable bonds is 9. The summed E-state index contributed by atoms with van der Waals surface area (Å²) in [5, 5.41) is 16.6. The van der Waals surface area contributed by atoms with Gasteiger partial charge >= 0.3 is 0 Å². The number of anilines is 1. The fraction of sp³-hybridized carbons (Fsp3) is 0.217. The van der Waals surface area contributed by atoms with Gasteiger partial charge in [0, 0.05) is 17.3 Å². The molecule has 0 spiro atoms. The maximum atomic E-state index is 12.5. The van der Waals surface area contributed by atoms with Crippen LogP contribution < -0.4 is 24.3 Å². The molecule has 0 saturated heterocycles. The Labute approximate surface area is 200 Å². The van der Waals surface area contributed by atoms with Gasteiger partial charge in [-0.25, -0.2) is 0 Å². The number of fused-ring (bicyclic) bond motifs is 1. The molecule has 1 N–H and O–H groups in total. The molecule has 0 aliphatic carbocycles. The molecular formula is C23H23N5O5S. The van der Waals surface area contributed by atoms with Gasteiger partial charge in [0.25, 0.3) is 0 Å². The Hall–Kier alpha value is -3.99. The van der Waals surface area contributed by atoms with Crippen LogP contribution in [0, 0.1) is 0 Å². The third-order valence-electron chi connectivity index (χ3n) is 4.90. The van der Waals surface area contributed by atoms with Crippen molar-refractivity contribution in [3.05, 3.63) is 48.5 Å². The molecule has 4 aromatic rings. The SMILES string of the molecule is COc1ccc(NC(=O)CSc2ccc3nnc(-c4ccc(OC)c(OC)c4)n3n2)cc1OC. The molecule has 0 aliphatic heterocycles. The number of amides is 1. The van der Waals surface area contributed by atoms with E-state index in [9.17, 15) is 4.79 Å². The van der Waals surface area contributed by atoms with E-state index >= 15 is 0 Å². The predicted molar refractivity (Wildman–Crippen MR) is 128 cm³/mol. The summed E-state index contributed by atoms with van der Waals surface area (Å²) in [6, 6.07) is 14.3. The molecule has 176 valence electrons. The predicted octanol–water partition coefficient (Wildman–Crippen LogP) is 3.56. The van der Waals surface area contributed by atoms with E-state index in [1.807, 2.05) is 12.1 Å². The molecule has 34 heavy (non-hydrogen) atoms. The Balaban J connectivity index is 1.49. The van der Waals surface area contributed by atoms with Crippen LogP contribution in [0.1, 0.15) is 0 Å². The maximum Gasteiger partial charge on any atom is 0.234 e. The molecule has 0 radical (unpaired) electrons. The van der Waals surface area contributed by atoms with E-state index in [1.165, 1.54) is 11.8 Å². The summed E-state index contributed by atoms with van der Waals surface area (Å²) >= 11 is 1.30. The molecule has 0 unspecified atom stereocenters. The first-order valence-corrected chi connectivity index (χ1v) is 11.1. The summed E-state index contributed by atoms with van der Waals surface area (Å²) < 4.78 is 22.8. The quantitative estimate of drug-likeness (QED) is 0.359. The summed E-state index contributed by atoms with van der Waals surface area (Å²) in [4.78, 5) is 12.5. The van der Waals surface area contributed by atoms with E-state index in [0.29, 0.717) is 45.2 Å². The third kappa shape index (κ3) is 4.84. The number of nitrogens with one attached hydrogen (secondary N) is 1. The lowest BCUT2D eigenvalue weighted by molar-refractivity contribution is -0.113. The van der Waals surface area contributed by atoms with Crippen LogP contribution in [0.4, 0.5) is 5.69 Å². The van der Waals surface area contributed by atoms with Crippen molar-refractivity contribution < 1.29 is 23.7 Å². The molecule has 2 aromatic heterocycles. The topological polar surface area (TPSA) is 109 Å². The minimum Gasteiger partial charge on any atom is -0.493 e. The van der Waals surface area contributed by atoms with Gasteiger partial charge in [0.15, 0.2) is 34.5 Å². The highest BCUT2D eigenvalue weighted by Gasteiger charge is 2.14. The minimum absolute atomic E-state index is 0.167. The van der Waals surface area contributed by atoms with Gasteiger partial charge in [-0.2, -0.15) is 9.61 Å². The van der Waals surface area contributed by atoms with Crippen LogP contribution in [0.2, 0.25) is 0 Å². The lowest BCUT2D eigenvalue weighted by Gasteiger charge is -2.10. The first-order chi connectivity index (χ1) is 16.6. The largest absolute Gasteiger partial charge is 0.493 e. The van der Waals surface area contributed by atoms with Crippen molar-refractivity contribution in [3.63, 3.8) is 0 Å². The normalized spacial score (nSPS) is 10.7. The van der Waals surface area contributed by atoms with Crippen molar-refractivity contribution in [2.45, 2.75) is 5.03 Å². The number of hydrogen-bond donors (Lipinski definition) is 1. The van der Waals surface area contributed by atoms with E-state index in [2.05, 4.69) is 20.6 Å². The number of carbonyl (C=O) groups is 1. The fourth-order valence-corrected chi connectivity index (χ4v) is 3.91. The van der Waals surface area contributed by atoms with E-state index in [-0.39, 0.29) is 11.7 Å². The molecule has 10 nitrogen and oxygen atoms in total. The molecule has 0 fully saturated rings. The monoisotopic (exact) mass is 481 g/mol. The Morgan fingerprint density at radius 2 is 1.53 bits per heavy atom. The summed E-state index contributed by atoms with van der Waals surface area (Å²) in [5.41, 5.74) is 1.97. The van der Waals surface area contributed by atoms with Gasteiger partial charge < -0.3 is 24.3 Å². The number of hydrogen-bond acceptors (Lipinski definition) is 9. The van der Waals surface area contributed by atoms with Gasteiger partial charge in [0.2, 0.25) is 5.91 Å². The number of aromatic nitrogens is 4. The molecule has 0 aliphatic rings. The Kier molecular flexibility index (Phi) is 7.02. The lowest BCUT2D eigenvalue weighted by atomic mass is 10.2. The third-order valence-corrected chi connectivity index (χ3v) is 5.82. The Morgan fingerprint density at radius 3 is 2.24 bits per heavy atom. The highest BCUT2D eigenvalue weighted by molar-refractivity contribution is 7.99. The van der Waals surface area contributed by atoms with Crippen LogP contribution in [0.25, 0.3) is 17.0 Å². The first-order valence-electron chi connectivity index (χ1n) is 10.2. The first kappa shape index (κ1) is 23.2. The van der Waals surface area contributed by atoms with Gasteiger partial charge in [-0.1, -0.05) is 11.8 Å². The van der Waals surface area contributed by atoms with E-state index in [4.69, 9.17) is 18.9 Å². The summed E-state index contributed by atoms with van der Waals surface area (Å²) in [7, 11) is 6.26. The lowest BCUT2D eigenvalue weighted by Crippen LogP contribution is -2.14. The van der Waals surface area contributed by atoms with Crippen molar-refractivity contribution in [2.75, 3.05) is 39.5 Å². The standard InChI is InChI=1S/C23H23N5O5S/c1-30-16-7-5-14(11-18(16)32-3)23-26-25-20-9-10-22(27-28(20)23)34-13-21(29)24-15-6-8-17(31-2)19(12-15)33-4/h5-12H,13H2,1-4H3,(H,24,29). The number of methoxy groups -OCH3 is 4. The van der Waals surface area contributed by atoms with Crippen LogP contribution in [0.3, 0.4) is 0 Å². The average molecular weight is 482 g/mol. The molecule has 0 saturated carbocycles. The molecule has 0 atom stereocenters. The van der Waals surface area contributed by atoms with Crippen LogP contribution in [-0.4, -0.2) is 59.9 Å². The highest BCUT2D eigenvalue weighted by atomic mass is 32.2. The molecule has 1 amide bonds. The van der Waals surface area contributed by atoms with Crippen molar-refractivity contribution in [2.24, 2.45) is 0 Å².